The van der Waals surface area contributed by atoms with Crippen LogP contribution in [0.15, 0.2) is 46.6 Å². The average molecular weight is 330 g/mol. The first-order chi connectivity index (χ1) is 9.93. The van der Waals surface area contributed by atoms with Crippen molar-refractivity contribution in [2.24, 2.45) is 0 Å². The Morgan fingerprint density at radius 1 is 1.05 bits per heavy atom. The Kier molecular flexibility index (Phi) is 3.54. The minimum atomic E-state index is -4.51. The van der Waals surface area contributed by atoms with Crippen LogP contribution in [0.3, 0.4) is 0 Å². The lowest BCUT2D eigenvalue weighted by Crippen LogP contribution is -2.06. The number of alkyl halides is 3. The van der Waals surface area contributed by atoms with Gasteiger partial charge in [-0.2, -0.15) is 13.2 Å². The topological polar surface area (TPSA) is 41.6 Å². The van der Waals surface area contributed by atoms with Crippen molar-refractivity contribution in [3.05, 3.63) is 47.1 Å². The van der Waals surface area contributed by atoms with E-state index in [1.165, 1.54) is 6.07 Å². The molecule has 0 bridgehead atoms. The lowest BCUT2D eigenvalue weighted by molar-refractivity contribution is -0.137. The van der Waals surface area contributed by atoms with E-state index in [1.807, 2.05) is 24.3 Å². The Morgan fingerprint density at radius 2 is 1.81 bits per heavy atom. The summed E-state index contributed by atoms with van der Waals surface area (Å²) in [5, 5.41) is 0.315. The molecule has 1 aromatic carbocycles. The van der Waals surface area contributed by atoms with Crippen molar-refractivity contribution >= 4 is 34.4 Å². The lowest BCUT2D eigenvalue weighted by atomic mass is 10.3. The van der Waals surface area contributed by atoms with Gasteiger partial charge in [0, 0.05) is 0 Å². The van der Waals surface area contributed by atoms with Crippen molar-refractivity contribution in [1.82, 2.24) is 15.0 Å². The summed E-state index contributed by atoms with van der Waals surface area (Å²) in [6.07, 6.45) is -4.51. The number of para-hydroxylation sites is 2. The number of nitrogens with one attached hydrogen (secondary N) is 1. The van der Waals surface area contributed by atoms with Gasteiger partial charge in [0.05, 0.1) is 16.6 Å². The molecule has 3 aromatic rings. The third-order valence-corrected chi connectivity index (χ3v) is 3.81. The zero-order valence-corrected chi connectivity index (χ0v) is 11.9. The van der Waals surface area contributed by atoms with Crippen molar-refractivity contribution in [2.75, 3.05) is 0 Å². The molecule has 2 aromatic heterocycles. The van der Waals surface area contributed by atoms with E-state index in [1.54, 1.807) is 0 Å². The summed E-state index contributed by atoms with van der Waals surface area (Å²) in [4.78, 5) is 11.1. The first-order valence-corrected chi connectivity index (χ1v) is 6.99. The second-order valence-corrected chi connectivity index (χ2v) is 5.51. The highest BCUT2D eigenvalue weighted by Crippen LogP contribution is 2.35. The van der Waals surface area contributed by atoms with Crippen molar-refractivity contribution in [3.8, 4) is 0 Å². The molecule has 0 saturated carbocycles. The van der Waals surface area contributed by atoms with Crippen LogP contribution < -0.4 is 0 Å². The molecule has 0 radical (unpaired) electrons. The second-order valence-electron chi connectivity index (χ2n) is 4.15. The Morgan fingerprint density at radius 3 is 2.48 bits per heavy atom. The van der Waals surface area contributed by atoms with E-state index < -0.39 is 16.9 Å². The fourth-order valence-electron chi connectivity index (χ4n) is 1.76. The van der Waals surface area contributed by atoms with Crippen molar-refractivity contribution in [1.29, 1.82) is 0 Å². The molecule has 2 heterocycles. The van der Waals surface area contributed by atoms with Gasteiger partial charge < -0.3 is 4.98 Å². The molecular formula is C13H7ClF3N3S. The molecular weight excluding hydrogens is 323 g/mol. The summed E-state index contributed by atoms with van der Waals surface area (Å²) in [6.45, 7) is 0. The van der Waals surface area contributed by atoms with Gasteiger partial charge in [-0.1, -0.05) is 23.7 Å². The molecule has 0 aliphatic rings. The number of hydrogen-bond donors (Lipinski definition) is 1. The predicted molar refractivity (Wildman–Crippen MR) is 74.5 cm³/mol. The van der Waals surface area contributed by atoms with Gasteiger partial charge in [-0.25, -0.2) is 9.97 Å². The van der Waals surface area contributed by atoms with E-state index in [2.05, 4.69) is 15.0 Å². The Bertz CT molecular complexity index is 768. The molecule has 3 rings (SSSR count). The molecule has 0 fully saturated rings. The van der Waals surface area contributed by atoms with Crippen molar-refractivity contribution in [2.45, 2.75) is 16.4 Å². The molecule has 108 valence electrons. The van der Waals surface area contributed by atoms with E-state index in [-0.39, 0.29) is 0 Å². The van der Waals surface area contributed by atoms with Crippen LogP contribution in [0.2, 0.25) is 5.15 Å². The maximum Gasteiger partial charge on any atom is 0.419 e. The highest BCUT2D eigenvalue weighted by atomic mass is 35.5. The molecule has 0 saturated heterocycles. The van der Waals surface area contributed by atoms with Crippen molar-refractivity contribution < 1.29 is 13.2 Å². The number of aromatic amines is 1. The van der Waals surface area contributed by atoms with Crippen LogP contribution in [0.5, 0.6) is 0 Å². The Balaban J connectivity index is 1.89. The number of pyridine rings is 1. The summed E-state index contributed by atoms with van der Waals surface area (Å²) in [5.74, 6) is 0. The molecule has 0 unspecified atom stereocenters. The monoisotopic (exact) mass is 329 g/mol. The number of halogens is 4. The first-order valence-electron chi connectivity index (χ1n) is 5.80. The highest BCUT2D eigenvalue weighted by Gasteiger charge is 2.34. The predicted octanol–water partition coefficient (Wildman–Crippen LogP) is 4.78. The van der Waals surface area contributed by atoms with Gasteiger partial charge in [-0.15, -0.1) is 0 Å². The van der Waals surface area contributed by atoms with E-state index in [4.69, 9.17) is 11.6 Å². The van der Waals surface area contributed by atoms with Gasteiger partial charge in [0.25, 0.3) is 0 Å². The summed E-state index contributed by atoms with van der Waals surface area (Å²) in [6, 6.07) is 9.60. The third kappa shape index (κ3) is 2.98. The minimum Gasteiger partial charge on any atom is -0.333 e. The van der Waals surface area contributed by atoms with Crippen LogP contribution in [0.1, 0.15) is 5.56 Å². The molecule has 0 atom stereocenters. The lowest BCUT2D eigenvalue weighted by Gasteiger charge is -2.08. The fourth-order valence-corrected chi connectivity index (χ4v) is 2.85. The molecule has 0 amide bonds. The molecule has 1 N–H and O–H groups in total. The average Bonchev–Trinajstić information content (AvgIpc) is 2.79. The SMILES string of the molecule is FC(F)(F)c1ccc(Sc2nc3ccccc3[nH]2)nc1Cl. The molecule has 21 heavy (non-hydrogen) atoms. The van der Waals surface area contributed by atoms with Gasteiger partial charge in [0.1, 0.15) is 10.2 Å². The molecule has 8 heteroatoms. The fraction of sp³-hybridized carbons (Fsp3) is 0.0769. The largest absolute Gasteiger partial charge is 0.419 e. The Labute approximate surface area is 126 Å². The maximum atomic E-state index is 12.6. The van der Waals surface area contributed by atoms with Crippen LogP contribution in [-0.4, -0.2) is 15.0 Å². The van der Waals surface area contributed by atoms with Gasteiger partial charge in [-0.3, -0.25) is 0 Å². The second kappa shape index (κ2) is 5.23. The van der Waals surface area contributed by atoms with E-state index >= 15 is 0 Å². The number of fused-ring (bicyclic) bond motifs is 1. The number of H-pyrrole nitrogens is 1. The van der Waals surface area contributed by atoms with Crippen LogP contribution in [0.4, 0.5) is 13.2 Å². The summed E-state index contributed by atoms with van der Waals surface area (Å²) in [5.41, 5.74) is 0.675. The number of nitrogens with zero attached hydrogens (tertiary/aromatic N) is 2. The quantitative estimate of drug-likeness (QED) is 0.688. The van der Waals surface area contributed by atoms with Gasteiger partial charge in [-0.05, 0) is 36.0 Å². The van der Waals surface area contributed by atoms with E-state index in [0.717, 1.165) is 28.9 Å². The maximum absolute atomic E-state index is 12.6. The number of aromatic nitrogens is 3. The summed E-state index contributed by atoms with van der Waals surface area (Å²) < 4.78 is 37.8. The number of imidazole rings is 1. The standard InChI is InChI=1S/C13H7ClF3N3S/c14-11-7(13(15,16)17)5-6-10(20-11)21-12-18-8-3-1-2-4-9(8)19-12/h1-6H,(H,18,19). The van der Waals surface area contributed by atoms with Crippen LogP contribution in [0.25, 0.3) is 11.0 Å². The minimum absolute atomic E-state index is 0.340. The zero-order chi connectivity index (χ0) is 15.0. The normalized spacial score (nSPS) is 12.0. The molecule has 3 nitrogen and oxygen atoms in total. The molecule has 0 aliphatic carbocycles. The number of hydrogen-bond acceptors (Lipinski definition) is 3. The number of rotatable bonds is 2. The molecule has 0 spiro atoms. The highest BCUT2D eigenvalue weighted by molar-refractivity contribution is 7.99. The summed E-state index contributed by atoms with van der Waals surface area (Å²) in [7, 11) is 0. The van der Waals surface area contributed by atoms with Gasteiger partial charge >= 0.3 is 6.18 Å². The van der Waals surface area contributed by atoms with Crippen molar-refractivity contribution in [3.63, 3.8) is 0 Å². The van der Waals surface area contributed by atoms with Gasteiger partial charge in [0.15, 0.2) is 5.16 Å². The van der Waals surface area contributed by atoms with E-state index in [0.29, 0.717) is 10.2 Å². The first kappa shape index (κ1) is 14.2. The van der Waals surface area contributed by atoms with Crippen LogP contribution >= 0.6 is 23.4 Å². The van der Waals surface area contributed by atoms with Crippen LogP contribution in [-0.2, 0) is 6.18 Å². The summed E-state index contributed by atoms with van der Waals surface area (Å²) >= 11 is 6.70. The smallest absolute Gasteiger partial charge is 0.333 e. The molecule has 0 aliphatic heterocycles. The zero-order valence-electron chi connectivity index (χ0n) is 10.3. The van der Waals surface area contributed by atoms with Crippen LogP contribution in [0, 0.1) is 0 Å². The Hall–Kier alpha value is -1.73. The van der Waals surface area contributed by atoms with E-state index in [9.17, 15) is 13.2 Å². The van der Waals surface area contributed by atoms with Gasteiger partial charge in [0.2, 0.25) is 0 Å². The third-order valence-electron chi connectivity index (χ3n) is 2.70. The number of benzene rings is 1.